The lowest BCUT2D eigenvalue weighted by atomic mass is 9.79. The number of likely N-dealkylation sites (tertiary alicyclic amines) is 1. The summed E-state index contributed by atoms with van der Waals surface area (Å²) in [5.74, 6) is 0.210. The van der Waals surface area contributed by atoms with Crippen LogP contribution in [-0.2, 0) is 19.6 Å². The standard InChI is InChI=1S/C24H28ClN3O4S/c1-15(23(29)28-14-16-2-7-20(28)8-3-16)27-11-10-22(24(27)30)26-33(31,32)21-9-5-17-12-19(25)6-4-18(17)13-21/h4-6,9,12-13,15-16,20,22,26H,2-3,7-8,10-11,14H2,1H3/t15-,16?,20?,22?/m0/s1. The predicted molar refractivity (Wildman–Crippen MR) is 126 cm³/mol. The van der Waals surface area contributed by atoms with Crippen LogP contribution in [0.3, 0.4) is 0 Å². The molecule has 3 heterocycles. The molecule has 2 amide bonds. The molecule has 2 atom stereocenters. The van der Waals surface area contributed by atoms with Crippen molar-refractivity contribution in [2.24, 2.45) is 5.92 Å². The Bertz CT molecular complexity index is 1210. The maximum Gasteiger partial charge on any atom is 0.245 e. The number of halogens is 1. The van der Waals surface area contributed by atoms with E-state index in [1.807, 2.05) is 4.90 Å². The van der Waals surface area contributed by atoms with Crippen molar-refractivity contribution in [3.63, 3.8) is 0 Å². The lowest BCUT2D eigenvalue weighted by molar-refractivity contribution is -0.148. The van der Waals surface area contributed by atoms with E-state index in [-0.39, 0.29) is 22.8 Å². The Morgan fingerprint density at radius 2 is 1.76 bits per heavy atom. The Balaban J connectivity index is 1.28. The fourth-order valence-electron chi connectivity index (χ4n) is 5.52. The van der Waals surface area contributed by atoms with E-state index in [4.69, 9.17) is 11.6 Å². The lowest BCUT2D eigenvalue weighted by Crippen LogP contribution is -2.57. The summed E-state index contributed by atoms with van der Waals surface area (Å²) in [6, 6.07) is 8.84. The molecule has 7 nitrogen and oxygen atoms in total. The van der Waals surface area contributed by atoms with Gasteiger partial charge in [-0.3, -0.25) is 9.59 Å². The van der Waals surface area contributed by atoms with Crippen LogP contribution < -0.4 is 4.72 Å². The Morgan fingerprint density at radius 3 is 2.45 bits per heavy atom. The zero-order valence-corrected chi connectivity index (χ0v) is 20.1. The normalized spacial score (nSPS) is 26.2. The van der Waals surface area contributed by atoms with Crippen LogP contribution in [0.5, 0.6) is 0 Å². The molecule has 33 heavy (non-hydrogen) atoms. The molecule has 0 aromatic heterocycles. The first-order valence-corrected chi connectivity index (χ1v) is 13.4. The first-order valence-electron chi connectivity index (χ1n) is 11.6. The minimum absolute atomic E-state index is 0.0190. The Kier molecular flexibility index (Phi) is 5.87. The monoisotopic (exact) mass is 489 g/mol. The van der Waals surface area contributed by atoms with Gasteiger partial charge in [0.1, 0.15) is 12.1 Å². The minimum Gasteiger partial charge on any atom is -0.338 e. The summed E-state index contributed by atoms with van der Waals surface area (Å²) in [6.07, 6.45) is 4.77. The van der Waals surface area contributed by atoms with Gasteiger partial charge in [0.25, 0.3) is 0 Å². The Morgan fingerprint density at radius 1 is 1.06 bits per heavy atom. The molecule has 176 valence electrons. The maximum atomic E-state index is 13.2. The summed E-state index contributed by atoms with van der Waals surface area (Å²) in [6.45, 7) is 2.89. The molecule has 6 rings (SSSR count). The van der Waals surface area contributed by atoms with Gasteiger partial charge in [-0.2, -0.15) is 4.72 Å². The quantitative estimate of drug-likeness (QED) is 0.699. The summed E-state index contributed by atoms with van der Waals surface area (Å²) < 4.78 is 28.6. The summed E-state index contributed by atoms with van der Waals surface area (Å²) in [7, 11) is -3.90. The van der Waals surface area contributed by atoms with Crippen LogP contribution in [0.15, 0.2) is 41.3 Å². The maximum absolute atomic E-state index is 13.2. The number of carbonyl (C=O) groups excluding carboxylic acids is 2. The molecule has 4 fully saturated rings. The fraction of sp³-hybridized carbons (Fsp3) is 0.500. The zero-order chi connectivity index (χ0) is 23.3. The van der Waals surface area contributed by atoms with Gasteiger partial charge in [0.2, 0.25) is 21.8 Å². The first kappa shape index (κ1) is 22.6. The van der Waals surface area contributed by atoms with E-state index in [9.17, 15) is 18.0 Å². The predicted octanol–water partition coefficient (Wildman–Crippen LogP) is 3.16. The molecule has 0 spiro atoms. The Hall–Kier alpha value is -2.16. The SMILES string of the molecule is C[C@@H](C(=O)N1CC2CCC1CC2)N1CCC(NS(=O)(=O)c2ccc3cc(Cl)ccc3c2)C1=O. The molecule has 1 aliphatic carbocycles. The van der Waals surface area contributed by atoms with Crippen LogP contribution in [0, 0.1) is 5.92 Å². The second-order valence-electron chi connectivity index (χ2n) is 9.49. The number of benzene rings is 2. The number of hydrogen-bond acceptors (Lipinski definition) is 4. The second kappa shape index (κ2) is 8.56. The summed E-state index contributed by atoms with van der Waals surface area (Å²) >= 11 is 6.01. The number of nitrogens with zero attached hydrogens (tertiary/aromatic N) is 2. The number of amides is 2. The minimum atomic E-state index is -3.90. The highest BCUT2D eigenvalue weighted by Crippen LogP contribution is 2.35. The van der Waals surface area contributed by atoms with Crippen molar-refractivity contribution in [3.05, 3.63) is 41.4 Å². The molecule has 1 saturated carbocycles. The van der Waals surface area contributed by atoms with Gasteiger partial charge in [0.05, 0.1) is 4.90 Å². The van der Waals surface area contributed by atoms with Crippen molar-refractivity contribution in [1.82, 2.24) is 14.5 Å². The van der Waals surface area contributed by atoms with Crippen LogP contribution in [0.4, 0.5) is 0 Å². The summed E-state index contributed by atoms with van der Waals surface area (Å²) in [4.78, 5) is 29.8. The van der Waals surface area contributed by atoms with E-state index in [0.29, 0.717) is 23.9 Å². The average molecular weight is 490 g/mol. The highest BCUT2D eigenvalue weighted by atomic mass is 35.5. The first-order chi connectivity index (χ1) is 15.7. The van der Waals surface area contributed by atoms with Crippen LogP contribution in [0.1, 0.15) is 39.0 Å². The topological polar surface area (TPSA) is 86.8 Å². The molecule has 4 aliphatic rings. The molecule has 2 aromatic carbocycles. The van der Waals surface area contributed by atoms with Crippen LogP contribution in [0.25, 0.3) is 10.8 Å². The highest BCUT2D eigenvalue weighted by molar-refractivity contribution is 7.89. The smallest absolute Gasteiger partial charge is 0.245 e. The number of fused-ring (bicyclic) bond motifs is 4. The lowest BCUT2D eigenvalue weighted by Gasteiger charge is -2.46. The van der Waals surface area contributed by atoms with Crippen LogP contribution >= 0.6 is 11.6 Å². The molecule has 3 saturated heterocycles. The van der Waals surface area contributed by atoms with Crippen molar-refractivity contribution in [2.45, 2.75) is 62.0 Å². The number of rotatable bonds is 5. The number of sulfonamides is 1. The molecule has 2 bridgehead atoms. The van der Waals surface area contributed by atoms with Gasteiger partial charge in [-0.1, -0.05) is 23.7 Å². The van der Waals surface area contributed by atoms with Crippen molar-refractivity contribution in [1.29, 1.82) is 0 Å². The van der Waals surface area contributed by atoms with Gasteiger partial charge in [0.15, 0.2) is 0 Å². The van der Waals surface area contributed by atoms with Gasteiger partial charge < -0.3 is 9.80 Å². The third-order valence-electron chi connectivity index (χ3n) is 7.44. The van der Waals surface area contributed by atoms with E-state index in [2.05, 4.69) is 4.72 Å². The molecule has 1 N–H and O–H groups in total. The van der Waals surface area contributed by atoms with Crippen molar-refractivity contribution >= 4 is 44.2 Å². The zero-order valence-electron chi connectivity index (χ0n) is 18.5. The molecule has 9 heteroatoms. The Labute approximate surface area is 199 Å². The third-order valence-corrected chi connectivity index (χ3v) is 9.15. The van der Waals surface area contributed by atoms with E-state index in [0.717, 1.165) is 30.2 Å². The van der Waals surface area contributed by atoms with E-state index < -0.39 is 22.1 Å². The summed E-state index contributed by atoms with van der Waals surface area (Å²) in [5, 5.41) is 2.16. The molecule has 3 aliphatic heterocycles. The van der Waals surface area contributed by atoms with Crippen molar-refractivity contribution in [2.75, 3.05) is 13.1 Å². The van der Waals surface area contributed by atoms with Crippen LogP contribution in [0.2, 0.25) is 5.02 Å². The fourth-order valence-corrected chi connectivity index (χ4v) is 6.96. The number of carbonyl (C=O) groups is 2. The number of nitrogens with one attached hydrogen (secondary N) is 1. The van der Waals surface area contributed by atoms with Gasteiger partial charge in [-0.05, 0) is 80.0 Å². The third kappa shape index (κ3) is 4.24. The molecule has 1 unspecified atom stereocenters. The number of piperidine rings is 2. The van der Waals surface area contributed by atoms with Gasteiger partial charge >= 0.3 is 0 Å². The van der Waals surface area contributed by atoms with E-state index >= 15 is 0 Å². The van der Waals surface area contributed by atoms with Gasteiger partial charge in [-0.25, -0.2) is 8.42 Å². The molecular weight excluding hydrogens is 462 g/mol. The highest BCUT2D eigenvalue weighted by Gasteiger charge is 2.43. The van der Waals surface area contributed by atoms with E-state index in [1.165, 1.54) is 23.8 Å². The van der Waals surface area contributed by atoms with Gasteiger partial charge in [0, 0.05) is 24.2 Å². The summed E-state index contributed by atoms with van der Waals surface area (Å²) in [5.41, 5.74) is 0. The van der Waals surface area contributed by atoms with Gasteiger partial charge in [-0.15, -0.1) is 0 Å². The number of hydrogen-bond donors (Lipinski definition) is 1. The molecular formula is C24H28ClN3O4S. The average Bonchev–Trinajstić information content (AvgIpc) is 3.17. The largest absolute Gasteiger partial charge is 0.338 e. The molecule has 2 aromatic rings. The van der Waals surface area contributed by atoms with E-state index in [1.54, 1.807) is 37.3 Å². The molecule has 0 radical (unpaired) electrons. The van der Waals surface area contributed by atoms with Crippen LogP contribution in [-0.4, -0.2) is 61.2 Å². The van der Waals surface area contributed by atoms with Crippen molar-refractivity contribution < 1.29 is 18.0 Å². The van der Waals surface area contributed by atoms with Crippen molar-refractivity contribution in [3.8, 4) is 0 Å². The second-order valence-corrected chi connectivity index (χ2v) is 11.6.